The molecule has 0 aromatic rings. The van der Waals surface area contributed by atoms with E-state index >= 15 is 0 Å². The molecule has 0 bridgehead atoms. The minimum Gasteiger partial charge on any atom is -0.481 e. The van der Waals surface area contributed by atoms with Crippen molar-refractivity contribution in [2.75, 3.05) is 0 Å². The highest BCUT2D eigenvalue weighted by Gasteiger charge is 2.43. The molecule has 0 aromatic carbocycles. The van der Waals surface area contributed by atoms with Crippen molar-refractivity contribution in [1.82, 2.24) is 0 Å². The predicted molar refractivity (Wildman–Crippen MR) is 109 cm³/mol. The van der Waals surface area contributed by atoms with Gasteiger partial charge in [-0.25, -0.2) is 0 Å². The number of rotatable bonds is 13. The second kappa shape index (κ2) is 10.2. The third-order valence-electron chi connectivity index (χ3n) is 7.26. The topological polar surface area (TPSA) is 94.8 Å². The number of carboxylic acids is 1. The summed E-state index contributed by atoms with van der Waals surface area (Å²) in [5.74, 6) is -0.502. The Bertz CT molecular complexity index is 529. The Hall–Kier alpha value is -0.940. The van der Waals surface area contributed by atoms with Crippen molar-refractivity contribution in [2.24, 2.45) is 29.1 Å². The Morgan fingerprint density at radius 3 is 2.46 bits per heavy atom. The number of aliphatic hydroxyl groups is 2. The molecule has 5 heteroatoms. The number of hydrogen-bond donors (Lipinski definition) is 3. The van der Waals surface area contributed by atoms with Crippen LogP contribution >= 0.6 is 0 Å². The molecule has 0 unspecified atom stereocenters. The summed E-state index contributed by atoms with van der Waals surface area (Å²) in [5, 5.41) is 30.0. The molecule has 0 aromatic heterocycles. The summed E-state index contributed by atoms with van der Waals surface area (Å²) >= 11 is 0. The number of hydrogen-bond acceptors (Lipinski definition) is 4. The molecule has 2 aliphatic carbocycles. The van der Waals surface area contributed by atoms with Crippen molar-refractivity contribution >= 4 is 11.8 Å². The van der Waals surface area contributed by atoms with Gasteiger partial charge in [-0.2, -0.15) is 0 Å². The zero-order valence-electron chi connectivity index (χ0n) is 17.9. The first-order valence-electron chi connectivity index (χ1n) is 11.3. The van der Waals surface area contributed by atoms with Crippen LogP contribution in [-0.4, -0.2) is 39.3 Å². The van der Waals surface area contributed by atoms with Crippen LogP contribution in [-0.2, 0) is 9.59 Å². The molecule has 162 valence electrons. The Morgan fingerprint density at radius 2 is 1.86 bits per heavy atom. The summed E-state index contributed by atoms with van der Waals surface area (Å²) in [4.78, 5) is 23.3. The molecule has 5 nitrogen and oxygen atoms in total. The zero-order chi connectivity index (χ0) is 20.9. The number of carbonyl (C=O) groups is 2. The molecule has 0 heterocycles. The van der Waals surface area contributed by atoms with Crippen molar-refractivity contribution in [2.45, 2.75) is 104 Å². The predicted octanol–water partition coefficient (Wildman–Crippen LogP) is 4.19. The van der Waals surface area contributed by atoms with Gasteiger partial charge in [0.25, 0.3) is 0 Å². The first-order chi connectivity index (χ1) is 13.2. The van der Waals surface area contributed by atoms with Crippen LogP contribution in [0.25, 0.3) is 0 Å². The highest BCUT2D eigenvalue weighted by Crippen LogP contribution is 2.43. The first-order valence-corrected chi connectivity index (χ1v) is 11.3. The van der Waals surface area contributed by atoms with Crippen LogP contribution in [0.4, 0.5) is 0 Å². The maximum atomic E-state index is 12.4. The Kier molecular flexibility index (Phi) is 8.50. The SMILES string of the molecule is CCCCC(C)(C)[C@@H](O)CC[C@H]1[C@H](O)CC(=O)[C@@H]1CCCC[C@@H]1C[C@H]1C(=O)O. The average Bonchev–Trinajstić information content (AvgIpc) is 3.35. The maximum Gasteiger partial charge on any atom is 0.306 e. The van der Waals surface area contributed by atoms with Crippen molar-refractivity contribution in [3.05, 3.63) is 0 Å². The number of Topliss-reactive ketones (excluding diaryl/α,β-unsaturated/α-hetero) is 1. The number of carboxylic acid groups (broad SMARTS) is 1. The van der Waals surface area contributed by atoms with Crippen molar-refractivity contribution in [3.8, 4) is 0 Å². The van der Waals surface area contributed by atoms with Gasteiger partial charge >= 0.3 is 5.97 Å². The molecule has 0 saturated heterocycles. The number of ketones is 1. The standard InChI is InChI=1S/C23H40O5/c1-4-5-12-23(2,3)21(26)11-10-17-16(19(24)14-20(17)25)9-7-6-8-15-13-18(15)22(27)28/h15-18,20-21,25-26H,4-14H2,1-3H3,(H,27,28)/t15-,16-,17-,18-,20-,21+/m1/s1. The van der Waals surface area contributed by atoms with E-state index in [2.05, 4.69) is 20.8 Å². The van der Waals surface area contributed by atoms with Crippen LogP contribution < -0.4 is 0 Å². The lowest BCUT2D eigenvalue weighted by Crippen LogP contribution is -2.31. The van der Waals surface area contributed by atoms with E-state index < -0.39 is 18.2 Å². The fraction of sp³-hybridized carbons (Fsp3) is 0.913. The molecule has 0 amide bonds. The van der Waals surface area contributed by atoms with Gasteiger partial charge in [-0.05, 0) is 55.8 Å². The fourth-order valence-corrected chi connectivity index (χ4v) is 4.96. The van der Waals surface area contributed by atoms with E-state index in [9.17, 15) is 19.8 Å². The van der Waals surface area contributed by atoms with Gasteiger partial charge in [0.2, 0.25) is 0 Å². The Labute approximate surface area is 169 Å². The average molecular weight is 397 g/mol. The van der Waals surface area contributed by atoms with Crippen LogP contribution in [0, 0.1) is 29.1 Å². The molecule has 28 heavy (non-hydrogen) atoms. The number of unbranched alkanes of at least 4 members (excludes halogenated alkanes) is 2. The summed E-state index contributed by atoms with van der Waals surface area (Å²) in [6.45, 7) is 6.35. The lowest BCUT2D eigenvalue weighted by molar-refractivity contribution is -0.138. The molecular weight excluding hydrogens is 356 g/mol. The summed E-state index contributed by atoms with van der Waals surface area (Å²) in [7, 11) is 0. The van der Waals surface area contributed by atoms with Gasteiger partial charge in [-0.1, -0.05) is 46.5 Å². The van der Waals surface area contributed by atoms with Gasteiger partial charge < -0.3 is 15.3 Å². The molecule has 3 N–H and O–H groups in total. The van der Waals surface area contributed by atoms with Gasteiger partial charge in [-0.3, -0.25) is 9.59 Å². The Balaban J connectivity index is 1.76. The van der Waals surface area contributed by atoms with Gasteiger partial charge in [0, 0.05) is 12.3 Å². The second-order valence-corrected chi connectivity index (χ2v) is 9.92. The van der Waals surface area contributed by atoms with Crippen molar-refractivity contribution in [1.29, 1.82) is 0 Å². The van der Waals surface area contributed by atoms with Gasteiger partial charge in [0.1, 0.15) is 5.78 Å². The van der Waals surface area contributed by atoms with Crippen molar-refractivity contribution in [3.63, 3.8) is 0 Å². The van der Waals surface area contributed by atoms with Crippen LogP contribution in [0.1, 0.15) is 91.4 Å². The summed E-state index contributed by atoms with van der Waals surface area (Å²) in [5.41, 5.74) is -0.135. The van der Waals surface area contributed by atoms with Crippen LogP contribution in [0.2, 0.25) is 0 Å². The van der Waals surface area contributed by atoms with E-state index in [1.165, 1.54) is 0 Å². The van der Waals surface area contributed by atoms with E-state index in [1.54, 1.807) is 0 Å². The molecule has 2 saturated carbocycles. The molecule has 2 fully saturated rings. The summed E-state index contributed by atoms with van der Waals surface area (Å²) < 4.78 is 0. The summed E-state index contributed by atoms with van der Waals surface area (Å²) in [6, 6.07) is 0. The highest BCUT2D eigenvalue weighted by atomic mass is 16.4. The normalized spacial score (nSPS) is 31.2. The van der Waals surface area contributed by atoms with E-state index in [-0.39, 0.29) is 35.4 Å². The molecule has 0 radical (unpaired) electrons. The highest BCUT2D eigenvalue weighted by molar-refractivity contribution is 5.84. The number of aliphatic hydroxyl groups excluding tert-OH is 2. The molecule has 2 aliphatic rings. The van der Waals surface area contributed by atoms with Crippen LogP contribution in [0.15, 0.2) is 0 Å². The molecule has 0 aliphatic heterocycles. The minimum absolute atomic E-state index is 0.0446. The molecule has 2 rings (SSSR count). The summed E-state index contributed by atoms with van der Waals surface area (Å²) in [6.07, 6.45) is 8.13. The van der Waals surface area contributed by atoms with Crippen LogP contribution in [0.3, 0.4) is 0 Å². The lowest BCUT2D eigenvalue weighted by Gasteiger charge is -2.32. The number of carbonyl (C=O) groups excluding carboxylic acids is 1. The first kappa shape index (κ1) is 23.3. The smallest absolute Gasteiger partial charge is 0.306 e. The van der Waals surface area contributed by atoms with E-state index in [4.69, 9.17) is 5.11 Å². The Morgan fingerprint density at radius 1 is 1.18 bits per heavy atom. The molecular formula is C23H40O5. The van der Waals surface area contributed by atoms with E-state index in [1.807, 2.05) is 0 Å². The van der Waals surface area contributed by atoms with Crippen LogP contribution in [0.5, 0.6) is 0 Å². The molecule has 0 spiro atoms. The number of aliphatic carboxylic acids is 1. The van der Waals surface area contributed by atoms with E-state index in [0.29, 0.717) is 18.8 Å². The fourth-order valence-electron chi connectivity index (χ4n) is 4.96. The third-order valence-corrected chi connectivity index (χ3v) is 7.26. The second-order valence-electron chi connectivity index (χ2n) is 9.92. The molecule has 6 atom stereocenters. The third kappa shape index (κ3) is 6.28. The quantitative estimate of drug-likeness (QED) is 0.406. The monoisotopic (exact) mass is 396 g/mol. The van der Waals surface area contributed by atoms with Gasteiger partial charge in [0.05, 0.1) is 18.1 Å². The maximum absolute atomic E-state index is 12.4. The van der Waals surface area contributed by atoms with Gasteiger partial charge in [-0.15, -0.1) is 0 Å². The van der Waals surface area contributed by atoms with E-state index in [0.717, 1.165) is 51.4 Å². The lowest BCUT2D eigenvalue weighted by atomic mass is 9.77. The van der Waals surface area contributed by atoms with Crippen molar-refractivity contribution < 1.29 is 24.9 Å². The van der Waals surface area contributed by atoms with Gasteiger partial charge in [0.15, 0.2) is 0 Å². The largest absolute Gasteiger partial charge is 0.481 e. The zero-order valence-corrected chi connectivity index (χ0v) is 17.9. The minimum atomic E-state index is -0.681.